The molecule has 1 saturated carbocycles. The molecule has 192 valence electrons. The monoisotopic (exact) mass is 517 g/mol. The number of carbonyl (C=O) groups is 1. The minimum absolute atomic E-state index is 0.0541. The molecule has 2 aromatic rings. The summed E-state index contributed by atoms with van der Waals surface area (Å²) in [6.07, 6.45) is 3.12. The maximum absolute atomic E-state index is 14.5. The number of hydrogen-bond donors (Lipinski definition) is 0. The standard InChI is InChI=1S/C25H28FN3O6S/c1-24(2,3)35-23(30)27-16-18(12-13-20-21(26)10-7-11-22(20)29(31)32)28(25(17-27)14-15-25)36(33,34)19-8-5-4-6-9-19/h4-13,18H,14-17H2,1-3H3/b13-12+. The Labute approximate surface area is 209 Å². The van der Waals surface area contributed by atoms with E-state index < -0.39 is 49.7 Å². The smallest absolute Gasteiger partial charge is 0.410 e. The van der Waals surface area contributed by atoms with E-state index in [1.807, 2.05) is 0 Å². The summed E-state index contributed by atoms with van der Waals surface area (Å²) >= 11 is 0. The summed E-state index contributed by atoms with van der Waals surface area (Å²) in [6, 6.07) is 10.6. The number of nitro benzene ring substituents is 1. The van der Waals surface area contributed by atoms with Crippen LogP contribution in [0, 0.1) is 15.9 Å². The van der Waals surface area contributed by atoms with Crippen molar-refractivity contribution in [2.24, 2.45) is 0 Å². The van der Waals surface area contributed by atoms with E-state index in [1.165, 1.54) is 45.6 Å². The van der Waals surface area contributed by atoms with E-state index in [1.54, 1.807) is 39.0 Å². The minimum Gasteiger partial charge on any atom is -0.444 e. The number of hydrogen-bond acceptors (Lipinski definition) is 6. The predicted octanol–water partition coefficient (Wildman–Crippen LogP) is 4.59. The van der Waals surface area contributed by atoms with Gasteiger partial charge in [-0.2, -0.15) is 4.31 Å². The van der Waals surface area contributed by atoms with Crippen LogP contribution >= 0.6 is 0 Å². The second kappa shape index (κ2) is 9.29. The number of ether oxygens (including phenoxy) is 1. The predicted molar refractivity (Wildman–Crippen MR) is 131 cm³/mol. The van der Waals surface area contributed by atoms with Crippen LogP contribution in [0.3, 0.4) is 0 Å². The Morgan fingerprint density at radius 3 is 2.42 bits per heavy atom. The molecule has 0 bridgehead atoms. The molecule has 1 aliphatic heterocycles. The summed E-state index contributed by atoms with van der Waals surface area (Å²) in [5.74, 6) is -0.807. The molecule has 1 spiro atoms. The van der Waals surface area contributed by atoms with Gasteiger partial charge in [-0.3, -0.25) is 10.1 Å². The van der Waals surface area contributed by atoms with Crippen LogP contribution in [0.2, 0.25) is 0 Å². The summed E-state index contributed by atoms with van der Waals surface area (Å²) in [5.41, 5.74) is -2.30. The summed E-state index contributed by atoms with van der Waals surface area (Å²) in [5, 5.41) is 11.5. The van der Waals surface area contributed by atoms with Crippen molar-refractivity contribution in [3.8, 4) is 0 Å². The molecule has 36 heavy (non-hydrogen) atoms. The van der Waals surface area contributed by atoms with Gasteiger partial charge in [-0.05, 0) is 57.9 Å². The second-order valence-corrected chi connectivity index (χ2v) is 11.9. The van der Waals surface area contributed by atoms with Crippen molar-refractivity contribution >= 4 is 27.9 Å². The molecule has 1 aliphatic carbocycles. The molecule has 1 atom stereocenters. The summed E-state index contributed by atoms with van der Waals surface area (Å²) in [7, 11) is -4.01. The zero-order valence-electron chi connectivity index (χ0n) is 20.3. The van der Waals surface area contributed by atoms with Crippen molar-refractivity contribution < 1.29 is 27.3 Å². The van der Waals surface area contributed by atoms with Crippen molar-refractivity contribution in [2.75, 3.05) is 13.1 Å². The van der Waals surface area contributed by atoms with Crippen molar-refractivity contribution in [2.45, 2.75) is 55.7 Å². The highest BCUT2D eigenvalue weighted by Gasteiger charge is 2.59. The third-order valence-corrected chi connectivity index (χ3v) is 8.20. The molecule has 2 aliphatic rings. The lowest BCUT2D eigenvalue weighted by molar-refractivity contribution is -0.385. The van der Waals surface area contributed by atoms with Crippen molar-refractivity contribution in [3.63, 3.8) is 0 Å². The molecular weight excluding hydrogens is 489 g/mol. The van der Waals surface area contributed by atoms with Crippen LogP contribution in [-0.4, -0.2) is 58.9 Å². The number of nitro groups is 1. The van der Waals surface area contributed by atoms with E-state index in [0.29, 0.717) is 12.8 Å². The Kier molecular flexibility index (Phi) is 6.65. The lowest BCUT2D eigenvalue weighted by atomic mass is 10.1. The van der Waals surface area contributed by atoms with Gasteiger partial charge in [-0.25, -0.2) is 17.6 Å². The Morgan fingerprint density at radius 2 is 1.83 bits per heavy atom. The van der Waals surface area contributed by atoms with Gasteiger partial charge in [0.25, 0.3) is 5.69 Å². The average molecular weight is 518 g/mol. The van der Waals surface area contributed by atoms with Gasteiger partial charge in [0, 0.05) is 19.2 Å². The zero-order valence-corrected chi connectivity index (χ0v) is 21.1. The average Bonchev–Trinajstić information content (AvgIpc) is 3.55. The fourth-order valence-corrected chi connectivity index (χ4v) is 6.44. The molecule has 2 fully saturated rings. The molecule has 4 rings (SSSR count). The topological polar surface area (TPSA) is 110 Å². The molecular formula is C25H28FN3O6S. The van der Waals surface area contributed by atoms with Crippen LogP contribution in [0.25, 0.3) is 6.08 Å². The molecule has 2 aromatic carbocycles. The van der Waals surface area contributed by atoms with Gasteiger partial charge in [-0.15, -0.1) is 0 Å². The number of sulfonamides is 1. The van der Waals surface area contributed by atoms with Crippen LogP contribution < -0.4 is 0 Å². The Hall–Kier alpha value is -3.31. The van der Waals surface area contributed by atoms with Crippen molar-refractivity contribution in [1.82, 2.24) is 9.21 Å². The van der Waals surface area contributed by atoms with Crippen LogP contribution in [0.1, 0.15) is 39.2 Å². The maximum Gasteiger partial charge on any atom is 0.410 e. The number of benzene rings is 2. The maximum atomic E-state index is 14.5. The Bertz CT molecular complexity index is 1300. The fourth-order valence-electron chi connectivity index (χ4n) is 4.46. The van der Waals surface area contributed by atoms with Crippen LogP contribution in [0.4, 0.5) is 14.9 Å². The summed E-state index contributed by atoms with van der Waals surface area (Å²) < 4.78 is 49.0. The minimum atomic E-state index is -4.01. The van der Waals surface area contributed by atoms with Gasteiger partial charge in [0.15, 0.2) is 0 Å². The van der Waals surface area contributed by atoms with Crippen LogP contribution in [0.15, 0.2) is 59.5 Å². The van der Waals surface area contributed by atoms with Gasteiger partial charge in [-0.1, -0.05) is 30.3 Å². The first kappa shape index (κ1) is 25.8. The molecule has 11 heteroatoms. The molecule has 1 unspecified atom stereocenters. The van der Waals surface area contributed by atoms with Gasteiger partial charge in [0.05, 0.1) is 27.0 Å². The normalized spacial score (nSPS) is 20.0. The number of carbonyl (C=O) groups excluding carboxylic acids is 1. The van der Waals surface area contributed by atoms with Gasteiger partial charge < -0.3 is 9.64 Å². The molecule has 9 nitrogen and oxygen atoms in total. The quantitative estimate of drug-likeness (QED) is 0.424. The largest absolute Gasteiger partial charge is 0.444 e. The lowest BCUT2D eigenvalue weighted by Crippen LogP contribution is -2.62. The molecule has 0 aromatic heterocycles. The zero-order chi connectivity index (χ0) is 26.3. The van der Waals surface area contributed by atoms with E-state index in [2.05, 4.69) is 0 Å². The lowest BCUT2D eigenvalue weighted by Gasteiger charge is -2.45. The third-order valence-electron chi connectivity index (χ3n) is 6.15. The SMILES string of the molecule is CC(C)(C)OC(=O)N1CC(/C=C/c2c(F)cccc2[N+](=O)[O-])N(S(=O)(=O)c2ccccc2)C2(CC2)C1. The first-order chi connectivity index (χ1) is 16.8. The molecule has 1 saturated heterocycles. The van der Waals surface area contributed by atoms with E-state index in [9.17, 15) is 27.7 Å². The van der Waals surface area contributed by atoms with E-state index in [0.717, 1.165) is 6.07 Å². The van der Waals surface area contributed by atoms with E-state index >= 15 is 0 Å². The van der Waals surface area contributed by atoms with E-state index in [-0.39, 0.29) is 23.5 Å². The van der Waals surface area contributed by atoms with Gasteiger partial charge >= 0.3 is 6.09 Å². The van der Waals surface area contributed by atoms with Crippen molar-refractivity contribution in [3.05, 3.63) is 76.1 Å². The number of halogens is 1. The first-order valence-corrected chi connectivity index (χ1v) is 13.0. The van der Waals surface area contributed by atoms with E-state index in [4.69, 9.17) is 4.74 Å². The van der Waals surface area contributed by atoms with Crippen molar-refractivity contribution in [1.29, 1.82) is 0 Å². The number of nitrogens with zero attached hydrogens (tertiary/aromatic N) is 3. The van der Waals surface area contributed by atoms with Gasteiger partial charge in [0.2, 0.25) is 10.0 Å². The number of amides is 1. The highest BCUT2D eigenvalue weighted by Crippen LogP contribution is 2.49. The third kappa shape index (κ3) is 5.12. The summed E-state index contributed by atoms with van der Waals surface area (Å²) in [4.78, 5) is 25.2. The Balaban J connectivity index is 1.78. The summed E-state index contributed by atoms with van der Waals surface area (Å²) in [6.45, 7) is 5.31. The highest BCUT2D eigenvalue weighted by molar-refractivity contribution is 7.89. The Morgan fingerprint density at radius 1 is 1.17 bits per heavy atom. The molecule has 0 N–H and O–H groups in total. The number of rotatable bonds is 5. The van der Waals surface area contributed by atoms with Crippen LogP contribution in [-0.2, 0) is 14.8 Å². The highest BCUT2D eigenvalue weighted by atomic mass is 32.2. The fraction of sp³-hybridized carbons (Fsp3) is 0.400. The first-order valence-electron chi connectivity index (χ1n) is 11.5. The van der Waals surface area contributed by atoms with Crippen LogP contribution in [0.5, 0.6) is 0 Å². The molecule has 1 amide bonds. The molecule has 0 radical (unpaired) electrons. The molecule has 1 heterocycles. The number of piperazine rings is 1. The van der Waals surface area contributed by atoms with Gasteiger partial charge in [0.1, 0.15) is 11.4 Å². The second-order valence-electron chi connectivity index (χ2n) is 10.1.